The van der Waals surface area contributed by atoms with Crippen LogP contribution in [-0.4, -0.2) is 60.1 Å². The zero-order valence-electron chi connectivity index (χ0n) is 12.7. The van der Waals surface area contributed by atoms with Crippen molar-refractivity contribution in [3.8, 4) is 0 Å². The molecule has 1 heterocycles. The second-order valence-corrected chi connectivity index (χ2v) is 6.54. The topological polar surface area (TPSA) is 43.8 Å². The van der Waals surface area contributed by atoms with Gasteiger partial charge in [0.1, 0.15) is 0 Å². The Morgan fingerprint density at radius 3 is 2.48 bits per heavy atom. The number of nitrogens with zero attached hydrogens (tertiary/aromatic N) is 2. The SMILES string of the molecule is Cc1cc(Br)cc(C)c1C(=O)N1CCCN(CCO)CC1. The Labute approximate surface area is 134 Å². The molecule has 1 aliphatic rings. The quantitative estimate of drug-likeness (QED) is 0.904. The van der Waals surface area contributed by atoms with Crippen molar-refractivity contribution in [1.82, 2.24) is 9.80 Å². The molecule has 1 aromatic carbocycles. The molecule has 1 amide bonds. The monoisotopic (exact) mass is 354 g/mol. The van der Waals surface area contributed by atoms with Crippen LogP contribution in [0, 0.1) is 13.8 Å². The van der Waals surface area contributed by atoms with Crippen molar-refractivity contribution in [2.75, 3.05) is 39.3 Å². The van der Waals surface area contributed by atoms with Gasteiger partial charge in [-0.05, 0) is 50.1 Å². The number of benzene rings is 1. The van der Waals surface area contributed by atoms with Gasteiger partial charge in [-0.1, -0.05) is 15.9 Å². The maximum absolute atomic E-state index is 12.8. The highest BCUT2D eigenvalue weighted by Gasteiger charge is 2.22. The van der Waals surface area contributed by atoms with E-state index in [1.165, 1.54) is 0 Å². The van der Waals surface area contributed by atoms with Gasteiger partial charge in [-0.3, -0.25) is 9.69 Å². The fraction of sp³-hybridized carbons (Fsp3) is 0.562. The Morgan fingerprint density at radius 2 is 1.86 bits per heavy atom. The molecule has 0 radical (unpaired) electrons. The Balaban J connectivity index is 2.13. The van der Waals surface area contributed by atoms with Crippen LogP contribution >= 0.6 is 15.9 Å². The molecular weight excluding hydrogens is 332 g/mol. The van der Waals surface area contributed by atoms with Gasteiger partial charge in [-0.25, -0.2) is 0 Å². The molecule has 1 aromatic rings. The van der Waals surface area contributed by atoms with E-state index in [9.17, 15) is 4.79 Å². The van der Waals surface area contributed by atoms with E-state index in [0.29, 0.717) is 6.54 Å². The summed E-state index contributed by atoms with van der Waals surface area (Å²) in [6, 6.07) is 3.99. The van der Waals surface area contributed by atoms with E-state index in [2.05, 4.69) is 20.8 Å². The number of aliphatic hydroxyl groups excluding tert-OH is 1. The fourth-order valence-electron chi connectivity index (χ4n) is 2.95. The lowest BCUT2D eigenvalue weighted by molar-refractivity contribution is 0.0759. The van der Waals surface area contributed by atoms with Gasteiger partial charge in [0.25, 0.3) is 5.91 Å². The molecule has 5 heteroatoms. The highest BCUT2D eigenvalue weighted by molar-refractivity contribution is 9.10. The molecule has 0 bridgehead atoms. The van der Waals surface area contributed by atoms with Gasteiger partial charge < -0.3 is 10.0 Å². The predicted molar refractivity (Wildman–Crippen MR) is 87.7 cm³/mol. The number of hydrogen-bond donors (Lipinski definition) is 1. The normalized spacial score (nSPS) is 16.9. The van der Waals surface area contributed by atoms with Crippen LogP contribution in [0.1, 0.15) is 27.9 Å². The summed E-state index contributed by atoms with van der Waals surface area (Å²) in [6.45, 7) is 8.14. The third kappa shape index (κ3) is 4.05. The fourth-order valence-corrected chi connectivity index (χ4v) is 3.63. The number of aryl methyl sites for hydroxylation is 2. The molecule has 0 unspecified atom stereocenters. The first-order valence-electron chi connectivity index (χ1n) is 7.42. The van der Waals surface area contributed by atoms with Crippen molar-refractivity contribution in [2.45, 2.75) is 20.3 Å². The van der Waals surface area contributed by atoms with Crippen molar-refractivity contribution in [3.63, 3.8) is 0 Å². The lowest BCUT2D eigenvalue weighted by Crippen LogP contribution is -2.36. The molecular formula is C16H23BrN2O2. The van der Waals surface area contributed by atoms with E-state index in [-0.39, 0.29) is 12.5 Å². The molecule has 1 aliphatic heterocycles. The van der Waals surface area contributed by atoms with E-state index in [1.807, 2.05) is 30.9 Å². The van der Waals surface area contributed by atoms with Crippen LogP contribution < -0.4 is 0 Å². The number of rotatable bonds is 3. The molecule has 0 saturated carbocycles. The maximum Gasteiger partial charge on any atom is 0.254 e. The Bertz CT molecular complexity index is 496. The van der Waals surface area contributed by atoms with E-state index < -0.39 is 0 Å². The van der Waals surface area contributed by atoms with Crippen molar-refractivity contribution >= 4 is 21.8 Å². The van der Waals surface area contributed by atoms with Crippen LogP contribution in [0.2, 0.25) is 0 Å². The molecule has 2 rings (SSSR count). The lowest BCUT2D eigenvalue weighted by Gasteiger charge is -2.23. The molecule has 1 fully saturated rings. The van der Waals surface area contributed by atoms with Gasteiger partial charge in [0.2, 0.25) is 0 Å². The summed E-state index contributed by atoms with van der Waals surface area (Å²) in [6.07, 6.45) is 0.959. The first-order chi connectivity index (χ1) is 10.0. The molecule has 0 aliphatic carbocycles. The second-order valence-electron chi connectivity index (χ2n) is 5.63. The van der Waals surface area contributed by atoms with Crippen molar-refractivity contribution in [1.29, 1.82) is 0 Å². The summed E-state index contributed by atoms with van der Waals surface area (Å²) >= 11 is 3.47. The number of amides is 1. The number of hydrogen-bond acceptors (Lipinski definition) is 3. The summed E-state index contributed by atoms with van der Waals surface area (Å²) in [5.74, 6) is 0.128. The van der Waals surface area contributed by atoms with Gasteiger partial charge >= 0.3 is 0 Å². The van der Waals surface area contributed by atoms with Gasteiger partial charge in [-0.15, -0.1) is 0 Å². The number of carbonyl (C=O) groups is 1. The van der Waals surface area contributed by atoms with Crippen LogP contribution in [0.15, 0.2) is 16.6 Å². The van der Waals surface area contributed by atoms with Crippen LogP contribution in [0.4, 0.5) is 0 Å². The predicted octanol–water partition coefficient (Wildman–Crippen LogP) is 2.21. The number of halogens is 1. The number of carbonyl (C=O) groups excluding carboxylic acids is 1. The van der Waals surface area contributed by atoms with E-state index in [0.717, 1.165) is 53.8 Å². The molecule has 1 saturated heterocycles. The third-order valence-corrected chi connectivity index (χ3v) is 4.46. The highest BCUT2D eigenvalue weighted by atomic mass is 79.9. The molecule has 1 N–H and O–H groups in total. The smallest absolute Gasteiger partial charge is 0.254 e. The standard InChI is InChI=1S/C16H23BrN2O2/c1-12-10-14(17)11-13(2)15(12)16(21)19-5-3-4-18(6-7-19)8-9-20/h10-11,20H,3-9H2,1-2H3. The summed E-state index contributed by atoms with van der Waals surface area (Å²) in [5.41, 5.74) is 2.86. The largest absolute Gasteiger partial charge is 0.395 e. The van der Waals surface area contributed by atoms with Crippen molar-refractivity contribution < 1.29 is 9.90 Å². The van der Waals surface area contributed by atoms with Gasteiger partial charge in [-0.2, -0.15) is 0 Å². The number of β-amino-alcohol motifs (C(OH)–C–C–N with tert-alkyl or cyclic N) is 1. The van der Waals surface area contributed by atoms with E-state index in [1.54, 1.807) is 0 Å². The average Bonchev–Trinajstić information content (AvgIpc) is 2.63. The van der Waals surface area contributed by atoms with E-state index in [4.69, 9.17) is 5.11 Å². The Hall–Kier alpha value is -0.910. The minimum Gasteiger partial charge on any atom is -0.395 e. The number of aliphatic hydroxyl groups is 1. The van der Waals surface area contributed by atoms with Gasteiger partial charge in [0.15, 0.2) is 0 Å². The van der Waals surface area contributed by atoms with Crippen LogP contribution in [0.25, 0.3) is 0 Å². The summed E-state index contributed by atoms with van der Waals surface area (Å²) in [5, 5.41) is 9.04. The Kier molecular flexibility index (Phi) is 5.79. The lowest BCUT2D eigenvalue weighted by atomic mass is 10.0. The summed E-state index contributed by atoms with van der Waals surface area (Å²) in [4.78, 5) is 17.0. The molecule has 116 valence electrons. The minimum absolute atomic E-state index is 0.128. The zero-order valence-corrected chi connectivity index (χ0v) is 14.3. The van der Waals surface area contributed by atoms with Gasteiger partial charge in [0, 0.05) is 36.2 Å². The van der Waals surface area contributed by atoms with E-state index >= 15 is 0 Å². The third-order valence-electron chi connectivity index (χ3n) is 4.00. The average molecular weight is 355 g/mol. The Morgan fingerprint density at radius 1 is 1.19 bits per heavy atom. The highest BCUT2D eigenvalue weighted by Crippen LogP contribution is 2.22. The zero-order chi connectivity index (χ0) is 15.4. The second kappa shape index (κ2) is 7.38. The van der Waals surface area contributed by atoms with Crippen molar-refractivity contribution in [3.05, 3.63) is 33.3 Å². The van der Waals surface area contributed by atoms with Crippen LogP contribution in [-0.2, 0) is 0 Å². The molecule has 0 spiro atoms. The first-order valence-corrected chi connectivity index (χ1v) is 8.21. The molecule has 21 heavy (non-hydrogen) atoms. The molecule has 0 aromatic heterocycles. The maximum atomic E-state index is 12.8. The van der Waals surface area contributed by atoms with Gasteiger partial charge in [0.05, 0.1) is 6.61 Å². The molecule has 0 atom stereocenters. The summed E-state index contributed by atoms with van der Waals surface area (Å²) in [7, 11) is 0. The first kappa shape index (κ1) is 16.5. The molecule has 4 nitrogen and oxygen atoms in total. The minimum atomic E-state index is 0.128. The van der Waals surface area contributed by atoms with Crippen LogP contribution in [0.5, 0.6) is 0 Å². The summed E-state index contributed by atoms with van der Waals surface area (Å²) < 4.78 is 1.01. The van der Waals surface area contributed by atoms with Crippen molar-refractivity contribution in [2.24, 2.45) is 0 Å². The van der Waals surface area contributed by atoms with Crippen LogP contribution in [0.3, 0.4) is 0 Å².